The Balaban J connectivity index is 2.12. The van der Waals surface area contributed by atoms with Crippen LogP contribution in [0, 0.1) is 5.82 Å². The molecule has 0 unspecified atom stereocenters. The van der Waals surface area contributed by atoms with Gasteiger partial charge in [-0.25, -0.2) is 9.37 Å². The van der Waals surface area contributed by atoms with Crippen molar-refractivity contribution in [3.05, 3.63) is 45.7 Å². The van der Waals surface area contributed by atoms with Crippen LogP contribution in [0.1, 0.15) is 5.82 Å². The second kappa shape index (κ2) is 5.06. The molecule has 0 spiro atoms. The Kier molecular flexibility index (Phi) is 3.69. The minimum Gasteiger partial charge on any atom is -0.484 e. The molecule has 0 amide bonds. The zero-order valence-electron chi connectivity index (χ0n) is 8.95. The van der Waals surface area contributed by atoms with Gasteiger partial charge >= 0.3 is 0 Å². The molecular weight excluding hydrogens is 310 g/mol. The van der Waals surface area contributed by atoms with E-state index < -0.39 is 0 Å². The van der Waals surface area contributed by atoms with Crippen molar-refractivity contribution < 1.29 is 9.13 Å². The van der Waals surface area contributed by atoms with Crippen LogP contribution in [0.5, 0.6) is 5.75 Å². The topological polar surface area (TPSA) is 27.1 Å². The molecule has 0 fully saturated rings. The van der Waals surface area contributed by atoms with Gasteiger partial charge < -0.3 is 9.30 Å². The van der Waals surface area contributed by atoms with E-state index >= 15 is 0 Å². The van der Waals surface area contributed by atoms with Crippen LogP contribution in [0.25, 0.3) is 0 Å². The average Bonchev–Trinajstić information content (AvgIpc) is 2.62. The van der Waals surface area contributed by atoms with Crippen molar-refractivity contribution in [2.24, 2.45) is 7.05 Å². The molecular formula is C11H9BrClFN2O. The molecule has 0 bridgehead atoms. The van der Waals surface area contributed by atoms with Gasteiger partial charge in [0.25, 0.3) is 0 Å². The smallest absolute Gasteiger partial charge is 0.147 e. The molecule has 0 aliphatic rings. The van der Waals surface area contributed by atoms with Gasteiger partial charge in [0.2, 0.25) is 0 Å². The van der Waals surface area contributed by atoms with Crippen molar-refractivity contribution in [1.29, 1.82) is 0 Å². The van der Waals surface area contributed by atoms with Crippen molar-refractivity contribution in [2.75, 3.05) is 0 Å². The molecule has 0 saturated carbocycles. The highest BCUT2D eigenvalue weighted by molar-refractivity contribution is 9.10. The number of rotatable bonds is 3. The minimum atomic E-state index is -0.346. The molecule has 0 aliphatic heterocycles. The van der Waals surface area contributed by atoms with Gasteiger partial charge in [-0.3, -0.25) is 0 Å². The maximum absolute atomic E-state index is 13.0. The summed E-state index contributed by atoms with van der Waals surface area (Å²) in [5, 5.41) is 0.530. The van der Waals surface area contributed by atoms with E-state index in [1.54, 1.807) is 23.9 Å². The molecule has 0 N–H and O–H groups in total. The second-order valence-electron chi connectivity index (χ2n) is 3.42. The largest absolute Gasteiger partial charge is 0.484 e. The Morgan fingerprint density at radius 3 is 2.94 bits per heavy atom. The Morgan fingerprint density at radius 1 is 1.53 bits per heavy atom. The van der Waals surface area contributed by atoms with E-state index in [4.69, 9.17) is 16.3 Å². The number of benzene rings is 1. The van der Waals surface area contributed by atoms with Crippen molar-refractivity contribution in [2.45, 2.75) is 6.61 Å². The summed E-state index contributed by atoms with van der Waals surface area (Å²) in [5.74, 6) is 0.761. The van der Waals surface area contributed by atoms with Gasteiger partial charge in [-0.2, -0.15) is 0 Å². The van der Waals surface area contributed by atoms with E-state index in [2.05, 4.69) is 20.9 Å². The van der Waals surface area contributed by atoms with E-state index in [0.29, 0.717) is 21.2 Å². The van der Waals surface area contributed by atoms with Gasteiger partial charge in [-0.1, -0.05) is 11.6 Å². The van der Waals surface area contributed by atoms with Crippen LogP contribution in [-0.2, 0) is 13.7 Å². The van der Waals surface area contributed by atoms with Crippen LogP contribution in [0.3, 0.4) is 0 Å². The highest BCUT2D eigenvalue weighted by Crippen LogP contribution is 2.26. The second-order valence-corrected chi connectivity index (χ2v) is 4.66. The average molecular weight is 320 g/mol. The Bertz CT molecular complexity index is 544. The molecule has 17 heavy (non-hydrogen) atoms. The standard InChI is InChI=1S/C11H9BrClFN2O/c1-16-10(13)5-15-11(16)6-17-9-4-7(14)2-3-8(9)12/h2-5H,6H2,1H3. The lowest BCUT2D eigenvalue weighted by Gasteiger charge is -2.08. The first-order valence-electron chi connectivity index (χ1n) is 4.82. The fourth-order valence-electron chi connectivity index (χ4n) is 1.29. The van der Waals surface area contributed by atoms with E-state index in [0.717, 1.165) is 0 Å². The third-order valence-corrected chi connectivity index (χ3v) is 3.28. The molecule has 0 atom stereocenters. The first kappa shape index (κ1) is 12.4. The summed E-state index contributed by atoms with van der Waals surface area (Å²) >= 11 is 9.13. The molecule has 1 heterocycles. The van der Waals surface area contributed by atoms with Crippen LogP contribution in [-0.4, -0.2) is 9.55 Å². The SMILES string of the molecule is Cn1c(Cl)cnc1COc1cc(F)ccc1Br. The molecule has 0 saturated heterocycles. The molecule has 1 aromatic heterocycles. The number of nitrogens with zero attached hydrogens (tertiary/aromatic N) is 2. The van der Waals surface area contributed by atoms with E-state index in [1.807, 2.05) is 0 Å². The van der Waals surface area contributed by atoms with E-state index in [-0.39, 0.29) is 12.4 Å². The van der Waals surface area contributed by atoms with Gasteiger partial charge in [-0.15, -0.1) is 0 Å². The molecule has 3 nitrogen and oxygen atoms in total. The Labute approximate surface area is 111 Å². The number of halogens is 3. The Hall–Kier alpha value is -1.07. The first-order chi connectivity index (χ1) is 8.08. The fourth-order valence-corrected chi connectivity index (χ4v) is 1.80. The molecule has 1 aromatic carbocycles. The van der Waals surface area contributed by atoms with Gasteiger partial charge in [-0.05, 0) is 28.1 Å². The Morgan fingerprint density at radius 2 is 2.29 bits per heavy atom. The summed E-state index contributed by atoms with van der Waals surface area (Å²) in [6.07, 6.45) is 1.54. The fraction of sp³-hybridized carbons (Fsp3) is 0.182. The molecule has 6 heteroatoms. The van der Waals surface area contributed by atoms with Crippen molar-refractivity contribution in [3.63, 3.8) is 0 Å². The van der Waals surface area contributed by atoms with Crippen LogP contribution < -0.4 is 4.74 Å². The van der Waals surface area contributed by atoms with Crippen molar-refractivity contribution in [3.8, 4) is 5.75 Å². The first-order valence-corrected chi connectivity index (χ1v) is 5.99. The monoisotopic (exact) mass is 318 g/mol. The number of hydrogen-bond acceptors (Lipinski definition) is 2. The van der Waals surface area contributed by atoms with Gasteiger partial charge in [0.1, 0.15) is 29.2 Å². The summed E-state index contributed by atoms with van der Waals surface area (Å²) in [6, 6.07) is 4.26. The summed E-state index contributed by atoms with van der Waals surface area (Å²) in [7, 11) is 1.79. The predicted octanol–water partition coefficient (Wildman–Crippen LogP) is 3.55. The zero-order chi connectivity index (χ0) is 12.4. The molecule has 2 aromatic rings. The molecule has 90 valence electrons. The highest BCUT2D eigenvalue weighted by atomic mass is 79.9. The lowest BCUT2D eigenvalue weighted by atomic mass is 10.3. The van der Waals surface area contributed by atoms with Crippen molar-refractivity contribution >= 4 is 27.5 Å². The summed E-state index contributed by atoms with van der Waals surface area (Å²) in [6.45, 7) is 0.227. The van der Waals surface area contributed by atoms with Crippen LogP contribution in [0.15, 0.2) is 28.9 Å². The third kappa shape index (κ3) is 2.79. The number of aromatic nitrogens is 2. The maximum atomic E-state index is 13.0. The number of hydrogen-bond donors (Lipinski definition) is 0. The van der Waals surface area contributed by atoms with Gasteiger partial charge in [0.05, 0.1) is 10.7 Å². The molecule has 0 aliphatic carbocycles. The summed E-state index contributed by atoms with van der Waals surface area (Å²) in [5.41, 5.74) is 0. The van der Waals surface area contributed by atoms with Crippen LogP contribution >= 0.6 is 27.5 Å². The van der Waals surface area contributed by atoms with Crippen LogP contribution in [0.2, 0.25) is 5.15 Å². The van der Waals surface area contributed by atoms with Crippen LogP contribution in [0.4, 0.5) is 4.39 Å². The number of ether oxygens (including phenoxy) is 1. The quantitative estimate of drug-likeness (QED) is 0.865. The third-order valence-electron chi connectivity index (χ3n) is 2.28. The maximum Gasteiger partial charge on any atom is 0.147 e. The molecule has 0 radical (unpaired) electrons. The normalized spacial score (nSPS) is 10.6. The van der Waals surface area contributed by atoms with Gasteiger partial charge in [0, 0.05) is 13.1 Å². The lowest BCUT2D eigenvalue weighted by Crippen LogP contribution is -2.04. The van der Waals surface area contributed by atoms with Crippen molar-refractivity contribution in [1.82, 2.24) is 9.55 Å². The predicted molar refractivity (Wildman–Crippen MR) is 66.7 cm³/mol. The summed E-state index contributed by atoms with van der Waals surface area (Å²) in [4.78, 5) is 4.08. The summed E-state index contributed by atoms with van der Waals surface area (Å²) < 4.78 is 20.9. The number of imidazole rings is 1. The van der Waals surface area contributed by atoms with E-state index in [9.17, 15) is 4.39 Å². The zero-order valence-corrected chi connectivity index (χ0v) is 11.3. The highest BCUT2D eigenvalue weighted by Gasteiger charge is 2.07. The minimum absolute atomic E-state index is 0.227. The lowest BCUT2D eigenvalue weighted by molar-refractivity contribution is 0.288. The van der Waals surface area contributed by atoms with E-state index in [1.165, 1.54) is 12.1 Å². The van der Waals surface area contributed by atoms with Gasteiger partial charge in [0.15, 0.2) is 0 Å². The molecule has 2 rings (SSSR count).